The number of halogens is 2. The van der Waals surface area contributed by atoms with Gasteiger partial charge in [0.1, 0.15) is 5.84 Å². The number of hydrogen-bond acceptors (Lipinski definition) is 3. The number of rotatable bonds is 5. The molecule has 3 N–H and O–H groups in total. The second-order valence-corrected chi connectivity index (χ2v) is 4.66. The van der Waals surface area contributed by atoms with Crippen LogP contribution in [0.25, 0.3) is 0 Å². The molecule has 0 saturated carbocycles. The van der Waals surface area contributed by atoms with Gasteiger partial charge >= 0.3 is 0 Å². The van der Waals surface area contributed by atoms with E-state index in [-0.39, 0.29) is 5.84 Å². The molecule has 0 unspecified atom stereocenters. The van der Waals surface area contributed by atoms with Crippen molar-refractivity contribution in [1.82, 2.24) is 4.90 Å². The number of amidine groups is 1. The molecule has 17 heavy (non-hydrogen) atoms. The lowest BCUT2D eigenvalue weighted by molar-refractivity contribution is 0.309. The van der Waals surface area contributed by atoms with Crippen LogP contribution in [-0.2, 0) is 6.54 Å². The minimum atomic E-state index is 0.217. The lowest BCUT2D eigenvalue weighted by atomic mass is 10.2. The Morgan fingerprint density at radius 1 is 1.47 bits per heavy atom. The second-order valence-electron chi connectivity index (χ2n) is 3.81. The fourth-order valence-corrected chi connectivity index (χ4v) is 1.76. The fraction of sp³-hybridized carbons (Fsp3) is 0.364. The number of oxime groups is 1. The van der Waals surface area contributed by atoms with Crippen LogP contribution in [0.5, 0.6) is 0 Å². The van der Waals surface area contributed by atoms with E-state index in [9.17, 15) is 0 Å². The van der Waals surface area contributed by atoms with Gasteiger partial charge < -0.3 is 15.8 Å². The average Bonchev–Trinajstić information content (AvgIpc) is 2.30. The van der Waals surface area contributed by atoms with E-state index in [4.69, 9.17) is 34.1 Å². The molecule has 0 atom stereocenters. The van der Waals surface area contributed by atoms with Crippen molar-refractivity contribution in [1.29, 1.82) is 0 Å². The molecule has 0 amide bonds. The molecule has 0 saturated heterocycles. The van der Waals surface area contributed by atoms with Gasteiger partial charge in [-0.1, -0.05) is 28.4 Å². The highest BCUT2D eigenvalue weighted by Crippen LogP contribution is 2.21. The molecule has 0 aliphatic carbocycles. The molecular formula is C11H15Cl2N3O. The molecule has 4 nitrogen and oxygen atoms in total. The smallest absolute Gasteiger partial charge is 0.140 e. The van der Waals surface area contributed by atoms with E-state index in [2.05, 4.69) is 5.16 Å². The van der Waals surface area contributed by atoms with Crippen molar-refractivity contribution >= 4 is 29.0 Å². The zero-order chi connectivity index (χ0) is 12.8. The van der Waals surface area contributed by atoms with Crippen LogP contribution in [0.4, 0.5) is 0 Å². The normalized spacial score (nSPS) is 12.1. The zero-order valence-electron chi connectivity index (χ0n) is 9.53. The predicted octanol–water partition coefficient (Wildman–Crippen LogP) is 2.56. The Hall–Kier alpha value is -0.970. The summed E-state index contributed by atoms with van der Waals surface area (Å²) in [5, 5.41) is 12.7. The number of nitrogens with two attached hydrogens (primary N) is 1. The maximum absolute atomic E-state index is 8.42. The third-order valence-corrected chi connectivity index (χ3v) is 2.93. The van der Waals surface area contributed by atoms with Gasteiger partial charge in [0, 0.05) is 29.6 Å². The third kappa shape index (κ3) is 4.81. The van der Waals surface area contributed by atoms with E-state index in [0.717, 1.165) is 5.56 Å². The van der Waals surface area contributed by atoms with Gasteiger partial charge in [0.25, 0.3) is 0 Å². The van der Waals surface area contributed by atoms with Crippen LogP contribution in [0, 0.1) is 0 Å². The van der Waals surface area contributed by atoms with Crippen LogP contribution in [0.3, 0.4) is 0 Å². The summed E-state index contributed by atoms with van der Waals surface area (Å²) in [7, 11) is 1.93. The SMILES string of the molecule is CN(CCC(N)=NO)Cc1cc(Cl)ccc1Cl. The van der Waals surface area contributed by atoms with Crippen LogP contribution in [0.1, 0.15) is 12.0 Å². The first kappa shape index (κ1) is 14.1. The molecule has 0 bridgehead atoms. The van der Waals surface area contributed by atoms with E-state index in [1.54, 1.807) is 12.1 Å². The van der Waals surface area contributed by atoms with Gasteiger partial charge in [-0.05, 0) is 30.8 Å². The predicted molar refractivity (Wildman–Crippen MR) is 70.8 cm³/mol. The molecule has 1 aromatic rings. The summed E-state index contributed by atoms with van der Waals surface area (Å²) in [5.74, 6) is 0.217. The summed E-state index contributed by atoms with van der Waals surface area (Å²) in [6, 6.07) is 5.37. The van der Waals surface area contributed by atoms with Gasteiger partial charge in [0.2, 0.25) is 0 Å². The van der Waals surface area contributed by atoms with E-state index >= 15 is 0 Å². The van der Waals surface area contributed by atoms with Gasteiger partial charge in [-0.15, -0.1) is 0 Å². The standard InChI is InChI=1S/C11H15Cl2N3O/c1-16(5-4-11(14)15-17)7-8-6-9(12)2-3-10(8)13/h2-3,6,17H,4-5,7H2,1H3,(H2,14,15). The molecular weight excluding hydrogens is 261 g/mol. The average molecular weight is 276 g/mol. The number of benzene rings is 1. The highest BCUT2D eigenvalue weighted by atomic mass is 35.5. The minimum absolute atomic E-state index is 0.217. The van der Waals surface area contributed by atoms with Gasteiger partial charge in [0.15, 0.2) is 0 Å². The molecule has 0 fully saturated rings. The summed E-state index contributed by atoms with van der Waals surface area (Å²) >= 11 is 12.0. The van der Waals surface area contributed by atoms with Crippen LogP contribution >= 0.6 is 23.2 Å². The van der Waals surface area contributed by atoms with Crippen LogP contribution in [0.15, 0.2) is 23.4 Å². The van der Waals surface area contributed by atoms with Crippen molar-refractivity contribution in [3.63, 3.8) is 0 Å². The van der Waals surface area contributed by atoms with Crippen molar-refractivity contribution in [3.8, 4) is 0 Å². The molecule has 0 aliphatic heterocycles. The molecule has 6 heteroatoms. The first-order valence-electron chi connectivity index (χ1n) is 5.12. The molecule has 0 aromatic heterocycles. The Morgan fingerprint density at radius 2 is 2.18 bits per heavy atom. The second kappa shape index (κ2) is 6.69. The Bertz CT molecular complexity index is 410. The maximum Gasteiger partial charge on any atom is 0.140 e. The van der Waals surface area contributed by atoms with Crippen molar-refractivity contribution < 1.29 is 5.21 Å². The zero-order valence-corrected chi connectivity index (χ0v) is 11.0. The Labute approximate surface area is 111 Å². The largest absolute Gasteiger partial charge is 0.409 e. The van der Waals surface area contributed by atoms with Gasteiger partial charge in [-0.2, -0.15) is 0 Å². The molecule has 1 rings (SSSR count). The topological polar surface area (TPSA) is 61.8 Å². The van der Waals surface area contributed by atoms with E-state index in [0.29, 0.717) is 29.6 Å². The summed E-state index contributed by atoms with van der Waals surface area (Å²) in [6.07, 6.45) is 0.505. The van der Waals surface area contributed by atoms with Gasteiger partial charge in [-0.3, -0.25) is 0 Å². The molecule has 0 spiro atoms. The van der Waals surface area contributed by atoms with E-state index in [1.165, 1.54) is 0 Å². The van der Waals surface area contributed by atoms with Crippen molar-refractivity contribution in [2.24, 2.45) is 10.9 Å². The molecule has 0 radical (unpaired) electrons. The van der Waals surface area contributed by atoms with E-state index < -0.39 is 0 Å². The first-order chi connectivity index (χ1) is 8.02. The number of nitrogens with zero attached hydrogens (tertiary/aromatic N) is 2. The molecule has 0 aliphatic rings. The van der Waals surface area contributed by atoms with Crippen molar-refractivity contribution in [2.45, 2.75) is 13.0 Å². The van der Waals surface area contributed by atoms with E-state index in [1.807, 2.05) is 18.0 Å². The Morgan fingerprint density at radius 3 is 2.82 bits per heavy atom. The summed E-state index contributed by atoms with van der Waals surface area (Å²) in [4.78, 5) is 2.02. The Kier molecular flexibility index (Phi) is 5.55. The molecule has 1 aromatic carbocycles. The lowest BCUT2D eigenvalue weighted by Crippen LogP contribution is -2.24. The summed E-state index contributed by atoms with van der Waals surface area (Å²) in [6.45, 7) is 1.34. The first-order valence-corrected chi connectivity index (χ1v) is 5.87. The fourth-order valence-electron chi connectivity index (χ4n) is 1.39. The van der Waals surface area contributed by atoms with Crippen molar-refractivity contribution in [3.05, 3.63) is 33.8 Å². The van der Waals surface area contributed by atoms with Crippen LogP contribution < -0.4 is 5.73 Å². The lowest BCUT2D eigenvalue weighted by Gasteiger charge is -2.17. The highest BCUT2D eigenvalue weighted by molar-refractivity contribution is 6.33. The minimum Gasteiger partial charge on any atom is -0.409 e. The van der Waals surface area contributed by atoms with Gasteiger partial charge in [-0.25, -0.2) is 0 Å². The monoisotopic (exact) mass is 275 g/mol. The molecule has 0 heterocycles. The van der Waals surface area contributed by atoms with Crippen molar-refractivity contribution in [2.75, 3.05) is 13.6 Å². The quantitative estimate of drug-likeness (QED) is 0.376. The van der Waals surface area contributed by atoms with Crippen LogP contribution in [0.2, 0.25) is 10.0 Å². The maximum atomic E-state index is 8.42. The summed E-state index contributed by atoms with van der Waals surface area (Å²) < 4.78 is 0. The third-order valence-electron chi connectivity index (χ3n) is 2.33. The molecule has 94 valence electrons. The van der Waals surface area contributed by atoms with Crippen LogP contribution in [-0.4, -0.2) is 29.5 Å². The number of hydrogen-bond donors (Lipinski definition) is 2. The highest BCUT2D eigenvalue weighted by Gasteiger charge is 2.06. The summed E-state index contributed by atoms with van der Waals surface area (Å²) in [5.41, 5.74) is 6.35. The Balaban J connectivity index is 2.55. The van der Waals surface area contributed by atoms with Gasteiger partial charge in [0.05, 0.1) is 0 Å².